The fraction of sp³-hybridized carbons (Fsp3) is 0.375. The zero-order valence-corrected chi connectivity index (χ0v) is 13.2. The number of rotatable bonds is 2. The predicted octanol–water partition coefficient (Wildman–Crippen LogP) is 3.28. The van der Waals surface area contributed by atoms with Gasteiger partial charge in [-0.1, -0.05) is 11.8 Å². The minimum atomic E-state index is -4.64. The van der Waals surface area contributed by atoms with Crippen molar-refractivity contribution in [2.45, 2.75) is 32.5 Å². The molecule has 1 aromatic carbocycles. The Labute approximate surface area is 136 Å². The SMILES string of the molecule is CC(C)(C)OC(=O)NCC#Cc1ccc(C(F)(F)F)cc1C(=O)O. The zero-order valence-electron chi connectivity index (χ0n) is 13.2. The lowest BCUT2D eigenvalue weighted by Gasteiger charge is -2.19. The molecule has 0 aliphatic rings. The summed E-state index contributed by atoms with van der Waals surface area (Å²) >= 11 is 0. The molecule has 0 radical (unpaired) electrons. The minimum Gasteiger partial charge on any atom is -0.478 e. The van der Waals surface area contributed by atoms with Crippen molar-refractivity contribution in [3.05, 3.63) is 34.9 Å². The molecule has 1 rings (SSSR count). The summed E-state index contributed by atoms with van der Waals surface area (Å²) in [6.45, 7) is 4.90. The van der Waals surface area contributed by atoms with E-state index >= 15 is 0 Å². The molecule has 8 heteroatoms. The van der Waals surface area contributed by atoms with Crippen molar-refractivity contribution in [3.8, 4) is 11.8 Å². The molecule has 0 saturated heterocycles. The fourth-order valence-corrected chi connectivity index (χ4v) is 1.58. The lowest BCUT2D eigenvalue weighted by atomic mass is 10.0. The second kappa shape index (κ2) is 7.25. The van der Waals surface area contributed by atoms with E-state index in [1.165, 1.54) is 0 Å². The van der Waals surface area contributed by atoms with Crippen LogP contribution in [0.5, 0.6) is 0 Å². The maximum absolute atomic E-state index is 12.6. The van der Waals surface area contributed by atoms with Crippen LogP contribution in [0.25, 0.3) is 0 Å². The molecule has 24 heavy (non-hydrogen) atoms. The number of amides is 1. The molecule has 2 N–H and O–H groups in total. The summed E-state index contributed by atoms with van der Waals surface area (Å²) in [5.74, 6) is 3.37. The number of alkyl halides is 3. The van der Waals surface area contributed by atoms with Gasteiger partial charge >= 0.3 is 18.2 Å². The van der Waals surface area contributed by atoms with Gasteiger partial charge in [-0.15, -0.1) is 0 Å². The summed E-state index contributed by atoms with van der Waals surface area (Å²) < 4.78 is 42.8. The topological polar surface area (TPSA) is 75.6 Å². The molecule has 0 aromatic heterocycles. The highest BCUT2D eigenvalue weighted by Gasteiger charge is 2.31. The highest BCUT2D eigenvalue weighted by Crippen LogP contribution is 2.30. The lowest BCUT2D eigenvalue weighted by molar-refractivity contribution is -0.137. The van der Waals surface area contributed by atoms with E-state index in [4.69, 9.17) is 9.84 Å². The quantitative estimate of drug-likeness (QED) is 0.808. The highest BCUT2D eigenvalue weighted by molar-refractivity contribution is 5.91. The van der Waals surface area contributed by atoms with Crippen molar-refractivity contribution in [2.24, 2.45) is 0 Å². The molecule has 0 fully saturated rings. The minimum absolute atomic E-state index is 0.0820. The summed E-state index contributed by atoms with van der Waals surface area (Å²) in [6, 6.07) is 2.25. The third kappa shape index (κ3) is 6.20. The highest BCUT2D eigenvalue weighted by atomic mass is 19.4. The van der Waals surface area contributed by atoms with Gasteiger partial charge in [0.25, 0.3) is 0 Å². The summed E-state index contributed by atoms with van der Waals surface area (Å²) in [5.41, 5.74) is -2.39. The Morgan fingerprint density at radius 2 is 1.88 bits per heavy atom. The Bertz CT molecular complexity index is 694. The molecule has 130 valence electrons. The summed E-state index contributed by atoms with van der Waals surface area (Å²) in [5, 5.41) is 11.3. The molecule has 0 bridgehead atoms. The van der Waals surface area contributed by atoms with Gasteiger partial charge in [0, 0.05) is 5.56 Å². The normalized spacial score (nSPS) is 11.2. The molecule has 1 aromatic rings. The van der Waals surface area contributed by atoms with Crippen molar-refractivity contribution >= 4 is 12.1 Å². The van der Waals surface area contributed by atoms with Crippen LogP contribution >= 0.6 is 0 Å². The summed E-state index contributed by atoms with van der Waals surface area (Å²) in [4.78, 5) is 22.5. The molecule has 0 aliphatic heterocycles. The van der Waals surface area contributed by atoms with Crippen molar-refractivity contribution in [1.29, 1.82) is 0 Å². The van der Waals surface area contributed by atoms with Crippen LogP contribution in [0.3, 0.4) is 0 Å². The second-order valence-electron chi connectivity index (χ2n) is 5.72. The fourth-order valence-electron chi connectivity index (χ4n) is 1.58. The zero-order chi connectivity index (χ0) is 18.5. The molecular formula is C16H16F3NO4. The number of halogens is 3. The van der Waals surface area contributed by atoms with E-state index in [2.05, 4.69) is 17.2 Å². The molecular weight excluding hydrogens is 327 g/mol. The van der Waals surface area contributed by atoms with E-state index in [9.17, 15) is 22.8 Å². The van der Waals surface area contributed by atoms with Crippen molar-refractivity contribution in [1.82, 2.24) is 5.32 Å². The Hall–Kier alpha value is -2.69. The molecule has 0 spiro atoms. The number of hydrogen-bond donors (Lipinski definition) is 2. The summed E-state index contributed by atoms with van der Waals surface area (Å²) in [6.07, 6.45) is -5.35. The van der Waals surface area contributed by atoms with Crippen LogP contribution in [0.1, 0.15) is 42.3 Å². The van der Waals surface area contributed by atoms with E-state index in [-0.39, 0.29) is 12.1 Å². The molecule has 0 heterocycles. The van der Waals surface area contributed by atoms with Gasteiger partial charge in [0.2, 0.25) is 0 Å². The Kier molecular flexibility index (Phi) is 5.85. The monoisotopic (exact) mass is 343 g/mol. The third-order valence-electron chi connectivity index (χ3n) is 2.52. The van der Waals surface area contributed by atoms with Crippen molar-refractivity contribution in [2.75, 3.05) is 6.54 Å². The van der Waals surface area contributed by atoms with Crippen LogP contribution < -0.4 is 5.32 Å². The molecule has 5 nitrogen and oxygen atoms in total. The Morgan fingerprint density at radius 1 is 1.25 bits per heavy atom. The van der Waals surface area contributed by atoms with Crippen LogP contribution in [-0.4, -0.2) is 29.3 Å². The van der Waals surface area contributed by atoms with Crippen molar-refractivity contribution in [3.63, 3.8) is 0 Å². The number of nitrogens with one attached hydrogen (secondary N) is 1. The van der Waals surface area contributed by atoms with Crippen LogP contribution in [0.4, 0.5) is 18.0 Å². The third-order valence-corrected chi connectivity index (χ3v) is 2.52. The maximum atomic E-state index is 12.6. The predicted molar refractivity (Wildman–Crippen MR) is 79.5 cm³/mol. The van der Waals surface area contributed by atoms with Crippen LogP contribution in [0, 0.1) is 11.8 Å². The van der Waals surface area contributed by atoms with Crippen LogP contribution in [0.15, 0.2) is 18.2 Å². The Morgan fingerprint density at radius 3 is 2.38 bits per heavy atom. The van der Waals surface area contributed by atoms with E-state index in [0.717, 1.165) is 12.1 Å². The number of carbonyl (C=O) groups excluding carboxylic acids is 1. The first-order valence-corrected chi connectivity index (χ1v) is 6.80. The molecule has 0 saturated carbocycles. The lowest BCUT2D eigenvalue weighted by Crippen LogP contribution is -2.32. The molecule has 0 atom stereocenters. The van der Waals surface area contributed by atoms with Gasteiger partial charge in [-0.05, 0) is 39.0 Å². The van der Waals surface area contributed by atoms with Gasteiger partial charge < -0.3 is 15.2 Å². The number of carboxylic acid groups (broad SMARTS) is 1. The van der Waals surface area contributed by atoms with Crippen LogP contribution in [0.2, 0.25) is 0 Å². The maximum Gasteiger partial charge on any atom is 0.416 e. The van der Waals surface area contributed by atoms with Gasteiger partial charge in [-0.25, -0.2) is 9.59 Å². The van der Waals surface area contributed by atoms with Crippen molar-refractivity contribution < 1.29 is 32.6 Å². The molecule has 0 aliphatic carbocycles. The first kappa shape index (κ1) is 19.4. The van der Waals surface area contributed by atoms with E-state index in [1.807, 2.05) is 0 Å². The van der Waals surface area contributed by atoms with Crippen LogP contribution in [-0.2, 0) is 10.9 Å². The molecule has 0 unspecified atom stereocenters. The van der Waals surface area contributed by atoms with Gasteiger partial charge in [0.1, 0.15) is 5.60 Å². The van der Waals surface area contributed by atoms with E-state index in [0.29, 0.717) is 6.07 Å². The first-order chi connectivity index (χ1) is 10.9. The second-order valence-corrected chi connectivity index (χ2v) is 5.72. The van der Waals surface area contributed by atoms with Gasteiger partial charge in [-0.3, -0.25) is 0 Å². The first-order valence-electron chi connectivity index (χ1n) is 6.80. The smallest absolute Gasteiger partial charge is 0.416 e. The number of hydrogen-bond acceptors (Lipinski definition) is 3. The van der Waals surface area contributed by atoms with Gasteiger partial charge in [0.05, 0.1) is 17.7 Å². The number of benzene rings is 1. The average molecular weight is 343 g/mol. The average Bonchev–Trinajstić information content (AvgIpc) is 2.40. The van der Waals surface area contributed by atoms with E-state index in [1.54, 1.807) is 20.8 Å². The molecule has 1 amide bonds. The number of carboxylic acids is 1. The van der Waals surface area contributed by atoms with Gasteiger partial charge in [0.15, 0.2) is 0 Å². The number of alkyl carbamates (subject to hydrolysis) is 1. The Balaban J connectivity index is 2.86. The standard InChI is InChI=1S/C16H16F3NO4/c1-15(2,3)24-14(23)20-8-4-5-10-6-7-11(16(17,18)19)9-12(10)13(21)22/h6-7,9H,8H2,1-3H3,(H,20,23)(H,21,22). The number of aromatic carboxylic acids is 1. The van der Waals surface area contributed by atoms with E-state index < -0.39 is 35.0 Å². The number of carbonyl (C=O) groups is 2. The number of ether oxygens (including phenoxy) is 1. The summed E-state index contributed by atoms with van der Waals surface area (Å²) in [7, 11) is 0. The van der Waals surface area contributed by atoms with Gasteiger partial charge in [-0.2, -0.15) is 13.2 Å². The largest absolute Gasteiger partial charge is 0.478 e.